The van der Waals surface area contributed by atoms with E-state index in [2.05, 4.69) is 44.9 Å². The van der Waals surface area contributed by atoms with E-state index in [-0.39, 0.29) is 16.1 Å². The smallest absolute Gasteiger partial charge is 0.305 e. The molecule has 0 fully saturated rings. The van der Waals surface area contributed by atoms with Gasteiger partial charge < -0.3 is 25.6 Å². The van der Waals surface area contributed by atoms with Gasteiger partial charge in [-0.1, -0.05) is 47.7 Å². The minimum atomic E-state index is -1.24. The zero-order valence-electron chi connectivity index (χ0n) is 18.6. The van der Waals surface area contributed by atoms with E-state index in [4.69, 9.17) is 0 Å². The summed E-state index contributed by atoms with van der Waals surface area (Å²) in [5.41, 5.74) is 4.03. The fourth-order valence-electron chi connectivity index (χ4n) is 3.74. The number of thiazole rings is 1. The molecule has 34 heavy (non-hydrogen) atoms. The van der Waals surface area contributed by atoms with Gasteiger partial charge in [-0.15, -0.1) is 0 Å². The summed E-state index contributed by atoms with van der Waals surface area (Å²) < 4.78 is 0.433. The number of nitrogens with zero attached hydrogens (tertiary/aromatic N) is 1. The molecule has 2 heterocycles. The summed E-state index contributed by atoms with van der Waals surface area (Å²) >= 11 is 0.888. The van der Waals surface area contributed by atoms with Gasteiger partial charge in [-0.2, -0.15) is 0 Å². The maximum Gasteiger partial charge on any atom is 0.305 e. The Morgan fingerprint density at radius 1 is 0.971 bits per heavy atom. The molecular weight excluding hydrogens is 452 g/mol. The van der Waals surface area contributed by atoms with Crippen LogP contribution in [-0.2, 0) is 19.4 Å². The minimum absolute atomic E-state index is 0.0707. The molecule has 8 nitrogen and oxygen atoms in total. The van der Waals surface area contributed by atoms with E-state index in [1.54, 1.807) is 6.20 Å². The van der Waals surface area contributed by atoms with Crippen LogP contribution in [0, 0.1) is 0 Å². The van der Waals surface area contributed by atoms with Crippen LogP contribution in [0.4, 0.5) is 0 Å². The molecular formula is C25H28N4O4S. The number of aromatic hydroxyl groups is 1. The lowest BCUT2D eigenvalue weighted by Gasteiger charge is -2.20. The summed E-state index contributed by atoms with van der Waals surface area (Å²) in [5.74, 6) is -0.0707. The first-order valence-corrected chi connectivity index (χ1v) is 12.0. The Bertz CT molecular complexity index is 1260. The van der Waals surface area contributed by atoms with E-state index >= 15 is 0 Å². The number of hydrogen-bond donors (Lipinski definition) is 6. The van der Waals surface area contributed by atoms with Crippen LogP contribution in [-0.4, -0.2) is 44.6 Å². The number of aromatic nitrogens is 2. The topological polar surface area (TPSA) is 130 Å². The lowest BCUT2D eigenvalue weighted by molar-refractivity contribution is -0.00168. The standard InChI is InChI=1S/C25H28N4O4S/c30-20-9-8-19(23-21(20)29-25(33)34-23)22(31)24(32)28-14-10-16-4-6-17(7-5-16)15-26-13-11-18-3-1-2-12-27-18/h1-9,12,22,24,26,28,30-32H,10-11,13-15H2,(H,29,33). The number of pyridine rings is 1. The van der Waals surface area contributed by atoms with Gasteiger partial charge in [0.1, 0.15) is 23.6 Å². The number of aliphatic hydroxyl groups excluding tert-OH is 2. The van der Waals surface area contributed by atoms with Crippen molar-refractivity contribution >= 4 is 21.6 Å². The van der Waals surface area contributed by atoms with Gasteiger partial charge >= 0.3 is 4.87 Å². The fraction of sp³-hybridized carbons (Fsp3) is 0.280. The normalized spacial score (nSPS) is 13.2. The first kappa shape index (κ1) is 24.1. The van der Waals surface area contributed by atoms with Crippen molar-refractivity contribution in [1.29, 1.82) is 0 Å². The predicted octanol–water partition coefficient (Wildman–Crippen LogP) is 2.21. The van der Waals surface area contributed by atoms with Crippen LogP contribution in [0.5, 0.6) is 5.75 Å². The van der Waals surface area contributed by atoms with E-state index in [0.29, 0.717) is 23.2 Å². The highest BCUT2D eigenvalue weighted by molar-refractivity contribution is 7.16. The predicted molar refractivity (Wildman–Crippen MR) is 133 cm³/mol. The van der Waals surface area contributed by atoms with Crippen molar-refractivity contribution in [1.82, 2.24) is 20.6 Å². The van der Waals surface area contributed by atoms with Crippen molar-refractivity contribution < 1.29 is 15.3 Å². The zero-order valence-corrected chi connectivity index (χ0v) is 19.4. The molecule has 0 bridgehead atoms. The Morgan fingerprint density at radius 3 is 2.53 bits per heavy atom. The maximum atomic E-state index is 11.7. The van der Waals surface area contributed by atoms with Crippen LogP contribution in [0.1, 0.15) is 28.5 Å². The zero-order chi connectivity index (χ0) is 23.9. The van der Waals surface area contributed by atoms with E-state index < -0.39 is 12.3 Å². The third kappa shape index (κ3) is 6.07. The molecule has 4 aromatic rings. The van der Waals surface area contributed by atoms with Gasteiger partial charge in [-0.25, -0.2) is 0 Å². The Morgan fingerprint density at radius 2 is 1.76 bits per heavy atom. The van der Waals surface area contributed by atoms with Crippen LogP contribution in [0.3, 0.4) is 0 Å². The number of phenols is 1. The Kier molecular flexibility index (Phi) is 8.04. The minimum Gasteiger partial charge on any atom is -0.506 e. The second-order valence-corrected chi connectivity index (χ2v) is 9.03. The number of aliphatic hydroxyl groups is 2. The van der Waals surface area contributed by atoms with Gasteiger partial charge in [-0.3, -0.25) is 15.1 Å². The molecule has 2 aromatic carbocycles. The van der Waals surface area contributed by atoms with Crippen LogP contribution in [0.15, 0.2) is 65.6 Å². The number of aromatic amines is 1. The molecule has 2 aromatic heterocycles. The molecule has 178 valence electrons. The van der Waals surface area contributed by atoms with Crippen LogP contribution in [0.25, 0.3) is 10.2 Å². The highest BCUT2D eigenvalue weighted by Crippen LogP contribution is 2.32. The van der Waals surface area contributed by atoms with Gasteiger partial charge in [0.05, 0.1) is 4.70 Å². The van der Waals surface area contributed by atoms with Crippen molar-refractivity contribution in [3.05, 3.63) is 92.8 Å². The van der Waals surface area contributed by atoms with Crippen LogP contribution >= 0.6 is 11.3 Å². The third-order valence-electron chi connectivity index (χ3n) is 5.61. The van der Waals surface area contributed by atoms with Gasteiger partial charge in [0.2, 0.25) is 0 Å². The monoisotopic (exact) mass is 480 g/mol. The molecule has 6 N–H and O–H groups in total. The molecule has 4 rings (SSSR count). The molecule has 0 radical (unpaired) electrons. The second-order valence-electron chi connectivity index (χ2n) is 8.05. The third-order valence-corrected chi connectivity index (χ3v) is 6.54. The van der Waals surface area contributed by atoms with Crippen LogP contribution in [0.2, 0.25) is 0 Å². The largest absolute Gasteiger partial charge is 0.506 e. The summed E-state index contributed by atoms with van der Waals surface area (Å²) in [7, 11) is 0. The van der Waals surface area contributed by atoms with Crippen LogP contribution < -0.4 is 15.5 Å². The molecule has 2 atom stereocenters. The molecule has 0 saturated heterocycles. The lowest BCUT2D eigenvalue weighted by Crippen LogP contribution is -2.36. The number of rotatable bonds is 11. The number of hydrogen-bond acceptors (Lipinski definition) is 8. The number of phenolic OH excluding ortho intramolecular Hbond substituents is 1. The highest BCUT2D eigenvalue weighted by atomic mass is 32.1. The first-order chi connectivity index (χ1) is 16.5. The summed E-state index contributed by atoms with van der Waals surface area (Å²) in [6.45, 7) is 2.10. The lowest BCUT2D eigenvalue weighted by atomic mass is 10.1. The molecule has 0 aliphatic rings. The number of benzene rings is 2. The number of fused-ring (bicyclic) bond motifs is 1. The highest BCUT2D eigenvalue weighted by Gasteiger charge is 2.22. The van der Waals surface area contributed by atoms with Crippen molar-refractivity contribution in [3.63, 3.8) is 0 Å². The van der Waals surface area contributed by atoms with Gasteiger partial charge in [0, 0.05) is 43.5 Å². The Labute approximate surface area is 201 Å². The van der Waals surface area contributed by atoms with E-state index in [1.165, 1.54) is 17.7 Å². The van der Waals surface area contributed by atoms with Crippen molar-refractivity contribution in [2.75, 3.05) is 13.1 Å². The summed E-state index contributed by atoms with van der Waals surface area (Å²) in [6.07, 6.45) is 0.916. The average Bonchev–Trinajstić information content (AvgIpc) is 3.25. The molecule has 0 saturated carbocycles. The molecule has 0 aliphatic heterocycles. The molecule has 0 amide bonds. The van der Waals surface area contributed by atoms with E-state index in [9.17, 15) is 20.1 Å². The van der Waals surface area contributed by atoms with Gasteiger partial charge in [-0.05, 0) is 35.7 Å². The molecule has 0 aliphatic carbocycles. The summed E-state index contributed by atoms with van der Waals surface area (Å²) in [4.78, 5) is 18.2. The Balaban J connectivity index is 1.22. The first-order valence-electron chi connectivity index (χ1n) is 11.1. The number of nitrogens with one attached hydrogen (secondary N) is 3. The van der Waals surface area contributed by atoms with Crippen molar-refractivity contribution in [3.8, 4) is 5.75 Å². The molecule has 2 unspecified atom stereocenters. The SMILES string of the molecule is O=c1[nH]c2c(O)ccc(C(O)C(O)NCCc3ccc(CNCCc4ccccn4)cc3)c2s1. The quantitative estimate of drug-likeness (QED) is 0.143. The van der Waals surface area contributed by atoms with Crippen molar-refractivity contribution in [2.45, 2.75) is 31.7 Å². The van der Waals surface area contributed by atoms with E-state index in [0.717, 1.165) is 42.1 Å². The van der Waals surface area contributed by atoms with Gasteiger partial charge in [0.15, 0.2) is 0 Å². The van der Waals surface area contributed by atoms with Crippen molar-refractivity contribution in [2.24, 2.45) is 0 Å². The summed E-state index contributed by atoms with van der Waals surface area (Å²) in [6, 6.07) is 17.1. The Hall–Kier alpha value is -3.08. The second kappa shape index (κ2) is 11.4. The molecule has 9 heteroatoms. The average molecular weight is 481 g/mol. The van der Waals surface area contributed by atoms with E-state index in [1.807, 2.05) is 18.2 Å². The van der Waals surface area contributed by atoms with Gasteiger partial charge in [0.25, 0.3) is 0 Å². The maximum absolute atomic E-state index is 11.7. The fourth-order valence-corrected chi connectivity index (χ4v) is 4.64. The molecule has 0 spiro atoms. The summed E-state index contributed by atoms with van der Waals surface area (Å²) in [5, 5.41) is 37.2. The number of H-pyrrole nitrogens is 1.